The standard InChI is InChI=1S/C15H21ClN2O/c1-5-18(10-11(2)3)15(19)9-17-14-8-13(16)7-6-12(14)4/h6-8,17H,2,5,9-10H2,1,3-4H3. The topological polar surface area (TPSA) is 32.3 Å². The fraction of sp³-hybridized carbons (Fsp3) is 0.400. The van der Waals surface area contributed by atoms with Crippen LogP contribution >= 0.6 is 11.6 Å². The van der Waals surface area contributed by atoms with Crippen LogP contribution in [0.3, 0.4) is 0 Å². The lowest BCUT2D eigenvalue weighted by molar-refractivity contribution is -0.128. The average molecular weight is 281 g/mol. The van der Waals surface area contributed by atoms with Gasteiger partial charge in [-0.25, -0.2) is 0 Å². The number of halogens is 1. The first kappa shape index (κ1) is 15.6. The van der Waals surface area contributed by atoms with Gasteiger partial charge in [-0.1, -0.05) is 29.8 Å². The number of hydrogen-bond acceptors (Lipinski definition) is 2. The van der Waals surface area contributed by atoms with Crippen LogP contribution in [-0.2, 0) is 4.79 Å². The Bertz CT molecular complexity index is 471. The highest BCUT2D eigenvalue weighted by molar-refractivity contribution is 6.30. The quantitative estimate of drug-likeness (QED) is 0.809. The van der Waals surface area contributed by atoms with Gasteiger partial charge in [0.05, 0.1) is 6.54 Å². The van der Waals surface area contributed by atoms with Crippen LogP contribution in [0, 0.1) is 6.92 Å². The lowest BCUT2D eigenvalue weighted by Crippen LogP contribution is -2.36. The first-order valence-corrected chi connectivity index (χ1v) is 6.74. The summed E-state index contributed by atoms with van der Waals surface area (Å²) in [6.07, 6.45) is 0. The van der Waals surface area contributed by atoms with E-state index in [4.69, 9.17) is 11.6 Å². The normalized spacial score (nSPS) is 10.1. The molecular weight excluding hydrogens is 260 g/mol. The number of aryl methyl sites for hydroxylation is 1. The highest BCUT2D eigenvalue weighted by Crippen LogP contribution is 2.19. The van der Waals surface area contributed by atoms with Gasteiger partial charge in [0.25, 0.3) is 0 Å². The van der Waals surface area contributed by atoms with Crippen LogP contribution in [0.2, 0.25) is 5.02 Å². The Balaban J connectivity index is 2.62. The van der Waals surface area contributed by atoms with Gasteiger partial charge in [-0.15, -0.1) is 0 Å². The Labute approximate surface area is 120 Å². The van der Waals surface area contributed by atoms with Gasteiger partial charge in [0.15, 0.2) is 0 Å². The molecule has 1 aromatic rings. The van der Waals surface area contributed by atoms with Crippen LogP contribution in [0.4, 0.5) is 5.69 Å². The van der Waals surface area contributed by atoms with Crippen LogP contribution in [0.25, 0.3) is 0 Å². The van der Waals surface area contributed by atoms with Crippen molar-refractivity contribution in [1.82, 2.24) is 4.90 Å². The first-order chi connectivity index (χ1) is 8.93. The van der Waals surface area contributed by atoms with E-state index >= 15 is 0 Å². The van der Waals surface area contributed by atoms with E-state index in [1.165, 1.54) is 0 Å². The van der Waals surface area contributed by atoms with Crippen molar-refractivity contribution in [2.24, 2.45) is 0 Å². The van der Waals surface area contributed by atoms with Gasteiger partial charge < -0.3 is 10.2 Å². The third-order valence-corrected chi connectivity index (χ3v) is 3.06. The van der Waals surface area contributed by atoms with Gasteiger partial charge in [-0.05, 0) is 38.5 Å². The molecule has 1 amide bonds. The number of hydrogen-bond donors (Lipinski definition) is 1. The van der Waals surface area contributed by atoms with E-state index in [-0.39, 0.29) is 12.5 Å². The van der Waals surface area contributed by atoms with Crippen LogP contribution in [0.5, 0.6) is 0 Å². The van der Waals surface area contributed by atoms with Crippen molar-refractivity contribution in [2.45, 2.75) is 20.8 Å². The molecule has 1 N–H and O–H groups in total. The predicted octanol–water partition coefficient (Wildman–Crippen LogP) is 3.48. The maximum absolute atomic E-state index is 12.1. The van der Waals surface area contributed by atoms with Crippen molar-refractivity contribution < 1.29 is 4.79 Å². The summed E-state index contributed by atoms with van der Waals surface area (Å²) in [5.41, 5.74) is 2.95. The Hall–Kier alpha value is -1.48. The monoisotopic (exact) mass is 280 g/mol. The molecule has 1 rings (SSSR count). The summed E-state index contributed by atoms with van der Waals surface area (Å²) in [6.45, 7) is 11.3. The second-order valence-electron chi connectivity index (χ2n) is 4.68. The molecule has 104 valence electrons. The average Bonchev–Trinajstić information content (AvgIpc) is 2.36. The number of anilines is 1. The number of amides is 1. The second kappa shape index (κ2) is 7.19. The fourth-order valence-corrected chi connectivity index (χ4v) is 1.94. The highest BCUT2D eigenvalue weighted by atomic mass is 35.5. The van der Waals surface area contributed by atoms with E-state index in [1.807, 2.05) is 39.0 Å². The molecule has 0 aliphatic carbocycles. The molecule has 3 nitrogen and oxygen atoms in total. The van der Waals surface area contributed by atoms with Crippen molar-refractivity contribution in [1.29, 1.82) is 0 Å². The van der Waals surface area contributed by atoms with Crippen LogP contribution < -0.4 is 5.32 Å². The Morgan fingerprint density at radius 1 is 1.47 bits per heavy atom. The lowest BCUT2D eigenvalue weighted by atomic mass is 10.2. The zero-order chi connectivity index (χ0) is 14.4. The van der Waals surface area contributed by atoms with Crippen molar-refractivity contribution in [2.75, 3.05) is 25.0 Å². The SMILES string of the molecule is C=C(C)CN(CC)C(=O)CNc1cc(Cl)ccc1C. The number of benzene rings is 1. The molecule has 0 saturated heterocycles. The van der Waals surface area contributed by atoms with Crippen molar-refractivity contribution >= 4 is 23.2 Å². The number of rotatable bonds is 6. The summed E-state index contributed by atoms with van der Waals surface area (Å²) in [7, 11) is 0. The maximum Gasteiger partial charge on any atom is 0.242 e. The summed E-state index contributed by atoms with van der Waals surface area (Å²) in [6, 6.07) is 5.60. The van der Waals surface area contributed by atoms with Gasteiger partial charge in [0, 0.05) is 23.8 Å². The molecule has 0 aliphatic rings. The van der Waals surface area contributed by atoms with Crippen molar-refractivity contribution in [3.8, 4) is 0 Å². The van der Waals surface area contributed by atoms with Gasteiger partial charge in [0.1, 0.15) is 0 Å². The molecule has 0 aromatic heterocycles. The molecule has 0 radical (unpaired) electrons. The maximum atomic E-state index is 12.1. The number of carbonyl (C=O) groups is 1. The Morgan fingerprint density at radius 3 is 2.74 bits per heavy atom. The highest BCUT2D eigenvalue weighted by Gasteiger charge is 2.11. The smallest absolute Gasteiger partial charge is 0.242 e. The first-order valence-electron chi connectivity index (χ1n) is 6.36. The molecule has 0 bridgehead atoms. The Kier molecular flexibility index (Phi) is 5.90. The fourth-order valence-electron chi connectivity index (χ4n) is 1.77. The summed E-state index contributed by atoms with van der Waals surface area (Å²) >= 11 is 5.94. The van der Waals surface area contributed by atoms with Crippen LogP contribution in [0.15, 0.2) is 30.4 Å². The second-order valence-corrected chi connectivity index (χ2v) is 5.11. The molecule has 0 heterocycles. The molecule has 4 heteroatoms. The molecule has 1 aromatic carbocycles. The van der Waals surface area contributed by atoms with E-state index in [1.54, 1.807) is 4.90 Å². The molecule has 0 fully saturated rings. The summed E-state index contributed by atoms with van der Waals surface area (Å²) < 4.78 is 0. The largest absolute Gasteiger partial charge is 0.376 e. The van der Waals surface area contributed by atoms with E-state index in [0.29, 0.717) is 18.1 Å². The van der Waals surface area contributed by atoms with E-state index in [0.717, 1.165) is 16.8 Å². The minimum atomic E-state index is 0.0601. The molecule has 19 heavy (non-hydrogen) atoms. The summed E-state index contributed by atoms with van der Waals surface area (Å²) in [5, 5.41) is 3.80. The summed E-state index contributed by atoms with van der Waals surface area (Å²) in [5.74, 6) is 0.0601. The number of nitrogens with one attached hydrogen (secondary N) is 1. The lowest BCUT2D eigenvalue weighted by Gasteiger charge is -2.21. The predicted molar refractivity (Wildman–Crippen MR) is 81.7 cm³/mol. The van der Waals surface area contributed by atoms with Gasteiger partial charge in [0.2, 0.25) is 5.91 Å². The molecule has 0 atom stereocenters. The minimum Gasteiger partial charge on any atom is -0.376 e. The zero-order valence-electron chi connectivity index (χ0n) is 11.8. The van der Waals surface area contributed by atoms with Gasteiger partial charge >= 0.3 is 0 Å². The number of nitrogens with zero attached hydrogens (tertiary/aromatic N) is 1. The van der Waals surface area contributed by atoms with E-state index in [9.17, 15) is 4.79 Å². The summed E-state index contributed by atoms with van der Waals surface area (Å²) in [4.78, 5) is 13.8. The Morgan fingerprint density at radius 2 is 2.16 bits per heavy atom. The molecule has 0 aliphatic heterocycles. The van der Waals surface area contributed by atoms with E-state index in [2.05, 4.69) is 11.9 Å². The number of likely N-dealkylation sites (N-methyl/N-ethyl adjacent to an activating group) is 1. The molecule has 0 unspecified atom stereocenters. The minimum absolute atomic E-state index is 0.0601. The van der Waals surface area contributed by atoms with Crippen molar-refractivity contribution in [3.63, 3.8) is 0 Å². The van der Waals surface area contributed by atoms with Crippen LogP contribution in [-0.4, -0.2) is 30.4 Å². The van der Waals surface area contributed by atoms with Crippen molar-refractivity contribution in [3.05, 3.63) is 40.9 Å². The van der Waals surface area contributed by atoms with E-state index < -0.39 is 0 Å². The molecule has 0 spiro atoms. The molecule has 0 saturated carbocycles. The number of carbonyl (C=O) groups excluding carboxylic acids is 1. The van der Waals surface area contributed by atoms with Crippen LogP contribution in [0.1, 0.15) is 19.4 Å². The third kappa shape index (κ3) is 4.95. The van der Waals surface area contributed by atoms with Gasteiger partial charge in [-0.3, -0.25) is 4.79 Å². The molecular formula is C15H21ClN2O. The van der Waals surface area contributed by atoms with Gasteiger partial charge in [-0.2, -0.15) is 0 Å². The third-order valence-electron chi connectivity index (χ3n) is 2.82. The zero-order valence-corrected chi connectivity index (χ0v) is 12.5.